The number of rotatable bonds is 9. The van der Waals surface area contributed by atoms with Crippen LogP contribution in [0.5, 0.6) is 0 Å². The molecule has 0 spiro atoms. The molecule has 0 unspecified atom stereocenters. The molecule has 0 aliphatic rings. The van der Waals surface area contributed by atoms with Crippen molar-refractivity contribution in [1.29, 1.82) is 0 Å². The molecule has 0 bridgehead atoms. The summed E-state index contributed by atoms with van der Waals surface area (Å²) in [5.74, 6) is 0.114. The van der Waals surface area contributed by atoms with Gasteiger partial charge in [0, 0.05) is 12.0 Å². The summed E-state index contributed by atoms with van der Waals surface area (Å²) in [5, 5.41) is 7.99. The van der Waals surface area contributed by atoms with Gasteiger partial charge in [-0.1, -0.05) is 121 Å². The van der Waals surface area contributed by atoms with E-state index < -0.39 is 8.32 Å². The second-order valence-electron chi connectivity index (χ2n) is 7.99. The van der Waals surface area contributed by atoms with Crippen molar-refractivity contribution in [2.24, 2.45) is 5.16 Å². The van der Waals surface area contributed by atoms with Gasteiger partial charge in [0.05, 0.1) is 5.71 Å². The Bertz CT molecular complexity index is 1100. The molecular weight excluding hydrogens is 422 g/mol. The summed E-state index contributed by atoms with van der Waals surface area (Å²) in [5.41, 5.74) is 1.53. The van der Waals surface area contributed by atoms with Crippen molar-refractivity contribution in [3.63, 3.8) is 0 Å². The largest absolute Gasteiger partial charge is 0.438 e. The minimum Gasteiger partial charge on any atom is -0.438 e. The predicted molar refractivity (Wildman–Crippen MR) is 138 cm³/mol. The average Bonchev–Trinajstić information content (AvgIpc) is 2.90. The van der Waals surface area contributed by atoms with Crippen molar-refractivity contribution in [2.75, 3.05) is 0 Å². The van der Waals surface area contributed by atoms with Gasteiger partial charge in [0.15, 0.2) is 5.78 Å². The van der Waals surface area contributed by atoms with Gasteiger partial charge in [0.25, 0.3) is 0 Å². The summed E-state index contributed by atoms with van der Waals surface area (Å²) < 4.78 is 6.60. The molecule has 4 aromatic carbocycles. The van der Waals surface area contributed by atoms with Crippen LogP contribution in [0.2, 0.25) is 0 Å². The fourth-order valence-electron chi connectivity index (χ4n) is 3.93. The van der Waals surface area contributed by atoms with Crippen LogP contribution in [0.3, 0.4) is 0 Å². The molecule has 0 radical (unpaired) electrons. The first kappa shape index (κ1) is 22.4. The summed E-state index contributed by atoms with van der Waals surface area (Å²) in [6.45, 7) is 1.93. The monoisotopic (exact) mass is 449 g/mol. The fraction of sp³-hybridized carbons (Fsp3) is 0.103. The number of ketones is 1. The van der Waals surface area contributed by atoms with E-state index in [2.05, 4.69) is 41.6 Å². The maximum Gasteiger partial charge on any atom is 0.380 e. The number of benzene rings is 4. The van der Waals surface area contributed by atoms with Crippen LogP contribution in [-0.4, -0.2) is 19.8 Å². The van der Waals surface area contributed by atoms with Crippen molar-refractivity contribution in [3.05, 3.63) is 127 Å². The highest BCUT2D eigenvalue weighted by atomic mass is 28.4. The zero-order chi connectivity index (χ0) is 22.9. The van der Waals surface area contributed by atoms with E-state index in [1.807, 2.05) is 91.9 Å². The maximum absolute atomic E-state index is 12.5. The SMILES string of the molecule is CC(CCC(=O)c1ccccc1)=NO[Si](c1ccccc1)(c1ccccc1)c1ccccc1. The molecule has 0 aromatic heterocycles. The number of hydrogen-bond donors (Lipinski definition) is 0. The molecule has 0 fully saturated rings. The van der Waals surface area contributed by atoms with Crippen LogP contribution in [0.4, 0.5) is 0 Å². The zero-order valence-electron chi connectivity index (χ0n) is 18.7. The summed E-state index contributed by atoms with van der Waals surface area (Å²) in [7, 11) is -2.88. The number of carbonyl (C=O) groups is 1. The van der Waals surface area contributed by atoms with Crippen LogP contribution < -0.4 is 15.6 Å². The van der Waals surface area contributed by atoms with Crippen LogP contribution >= 0.6 is 0 Å². The Hall–Kier alpha value is -3.76. The molecule has 0 atom stereocenters. The Morgan fingerprint density at radius 1 is 0.636 bits per heavy atom. The van der Waals surface area contributed by atoms with Crippen LogP contribution in [0.1, 0.15) is 30.1 Å². The van der Waals surface area contributed by atoms with Gasteiger partial charge < -0.3 is 4.53 Å². The minimum absolute atomic E-state index is 0.114. The van der Waals surface area contributed by atoms with E-state index in [0.717, 1.165) is 26.8 Å². The maximum atomic E-state index is 12.5. The van der Waals surface area contributed by atoms with Gasteiger partial charge in [-0.15, -0.1) is 5.16 Å². The van der Waals surface area contributed by atoms with Crippen LogP contribution in [0, 0.1) is 0 Å². The Labute approximate surface area is 196 Å². The first-order valence-corrected chi connectivity index (χ1v) is 13.1. The van der Waals surface area contributed by atoms with Gasteiger partial charge in [-0.3, -0.25) is 4.79 Å². The second-order valence-corrected chi connectivity index (χ2v) is 11.3. The Kier molecular flexibility index (Phi) is 7.28. The number of oxime groups is 1. The molecule has 0 aliphatic carbocycles. The summed E-state index contributed by atoms with van der Waals surface area (Å²) in [4.78, 5) is 12.5. The van der Waals surface area contributed by atoms with E-state index in [-0.39, 0.29) is 5.78 Å². The topological polar surface area (TPSA) is 38.7 Å². The van der Waals surface area contributed by atoms with Gasteiger partial charge >= 0.3 is 8.32 Å². The first-order chi connectivity index (χ1) is 16.2. The molecule has 0 heterocycles. The molecule has 0 N–H and O–H groups in total. The molecular formula is C29H27NO2Si. The number of carbonyl (C=O) groups excluding carboxylic acids is 1. The molecule has 4 heteroatoms. The molecule has 33 heavy (non-hydrogen) atoms. The highest BCUT2D eigenvalue weighted by Gasteiger charge is 2.44. The molecule has 4 rings (SSSR count). The van der Waals surface area contributed by atoms with Crippen molar-refractivity contribution < 1.29 is 9.32 Å². The zero-order valence-corrected chi connectivity index (χ0v) is 19.7. The van der Waals surface area contributed by atoms with E-state index >= 15 is 0 Å². The molecule has 4 aromatic rings. The smallest absolute Gasteiger partial charge is 0.380 e. The van der Waals surface area contributed by atoms with Gasteiger partial charge in [-0.25, -0.2) is 0 Å². The Morgan fingerprint density at radius 2 is 1.03 bits per heavy atom. The number of Topliss-reactive ketones (excluding diaryl/α,β-unsaturated/α-hetero) is 1. The lowest BCUT2D eigenvalue weighted by Gasteiger charge is -2.30. The highest BCUT2D eigenvalue weighted by Crippen LogP contribution is 2.12. The summed E-state index contributed by atoms with van der Waals surface area (Å²) in [6, 6.07) is 40.4. The van der Waals surface area contributed by atoms with Crippen LogP contribution in [0.15, 0.2) is 126 Å². The van der Waals surface area contributed by atoms with Crippen molar-refractivity contribution in [2.45, 2.75) is 19.8 Å². The standard InChI is InChI=1S/C29H27NO2Si/c1-24(22-23-29(31)25-14-6-2-7-15-25)30-32-33(26-16-8-3-9-17-26,27-18-10-4-11-19-27)28-20-12-5-13-21-28/h2-21H,22-23H2,1H3. The number of nitrogens with zero attached hydrogens (tertiary/aromatic N) is 1. The fourth-order valence-corrected chi connectivity index (χ4v) is 7.53. The van der Waals surface area contributed by atoms with Crippen molar-refractivity contribution >= 4 is 35.4 Å². The molecule has 0 amide bonds. The third kappa shape index (κ3) is 5.18. The molecule has 3 nitrogen and oxygen atoms in total. The van der Waals surface area contributed by atoms with Gasteiger partial charge in [-0.05, 0) is 28.9 Å². The third-order valence-electron chi connectivity index (χ3n) is 5.69. The Balaban J connectivity index is 1.67. The highest BCUT2D eigenvalue weighted by molar-refractivity contribution is 7.07. The summed E-state index contributed by atoms with van der Waals surface area (Å²) >= 11 is 0. The van der Waals surface area contributed by atoms with Crippen molar-refractivity contribution in [3.8, 4) is 0 Å². The van der Waals surface area contributed by atoms with Gasteiger partial charge in [0.1, 0.15) is 0 Å². The third-order valence-corrected chi connectivity index (χ3v) is 9.49. The number of hydrogen-bond acceptors (Lipinski definition) is 3. The van der Waals surface area contributed by atoms with Crippen molar-refractivity contribution in [1.82, 2.24) is 0 Å². The molecule has 0 aliphatic heterocycles. The quantitative estimate of drug-likeness (QED) is 0.122. The van der Waals surface area contributed by atoms with E-state index in [4.69, 9.17) is 4.53 Å². The molecule has 0 saturated heterocycles. The lowest BCUT2D eigenvalue weighted by molar-refractivity contribution is 0.0984. The first-order valence-electron chi connectivity index (χ1n) is 11.2. The van der Waals surface area contributed by atoms with E-state index in [9.17, 15) is 4.79 Å². The summed E-state index contributed by atoms with van der Waals surface area (Å²) in [6.07, 6.45) is 0.954. The second kappa shape index (κ2) is 10.7. The van der Waals surface area contributed by atoms with Gasteiger partial charge in [0.2, 0.25) is 0 Å². The average molecular weight is 450 g/mol. The minimum atomic E-state index is -2.88. The molecule has 164 valence electrons. The van der Waals surface area contributed by atoms with Gasteiger partial charge in [-0.2, -0.15) is 0 Å². The molecule has 0 saturated carbocycles. The van der Waals surface area contributed by atoms with E-state index in [1.165, 1.54) is 0 Å². The lowest BCUT2D eigenvalue weighted by atomic mass is 10.1. The predicted octanol–water partition coefficient (Wildman–Crippen LogP) is 4.71. The lowest BCUT2D eigenvalue weighted by Crippen LogP contribution is -2.68. The van der Waals surface area contributed by atoms with E-state index in [0.29, 0.717) is 12.8 Å². The van der Waals surface area contributed by atoms with Crippen LogP contribution in [0.25, 0.3) is 0 Å². The van der Waals surface area contributed by atoms with Crippen LogP contribution in [-0.2, 0) is 4.53 Å². The normalized spacial score (nSPS) is 11.7. The van der Waals surface area contributed by atoms with E-state index in [1.54, 1.807) is 0 Å². The Morgan fingerprint density at radius 3 is 1.45 bits per heavy atom.